The molecule has 1 saturated heterocycles. The topological polar surface area (TPSA) is 434 Å². The summed E-state index contributed by atoms with van der Waals surface area (Å²) >= 11 is 0. The molecule has 0 aromatic heterocycles. The number of phosphoric ester groups is 1. The van der Waals surface area contributed by atoms with Crippen molar-refractivity contribution in [2.45, 2.75) is 31.0 Å². The van der Waals surface area contributed by atoms with Crippen LogP contribution in [0.4, 0.5) is 0 Å². The molecule has 61 heavy (non-hydrogen) atoms. The Balaban J connectivity index is 1.49. The van der Waals surface area contributed by atoms with Crippen molar-refractivity contribution >= 4 is 47.1 Å². The van der Waals surface area contributed by atoms with Gasteiger partial charge in [-0.1, -0.05) is 28.1 Å². The van der Waals surface area contributed by atoms with Gasteiger partial charge in [-0.05, 0) is 35.3 Å². The van der Waals surface area contributed by atoms with E-state index in [1.807, 2.05) is 0 Å². The zero-order valence-electron chi connectivity index (χ0n) is 31.4. The Morgan fingerprint density at radius 2 is 1.85 bits per heavy atom. The lowest BCUT2D eigenvalue weighted by molar-refractivity contribution is -0.134. The van der Waals surface area contributed by atoms with Gasteiger partial charge in [0.2, 0.25) is 11.8 Å². The van der Waals surface area contributed by atoms with Crippen molar-refractivity contribution in [1.29, 1.82) is 0 Å². The van der Waals surface area contributed by atoms with Gasteiger partial charge in [0, 0.05) is 34.9 Å². The van der Waals surface area contributed by atoms with Gasteiger partial charge in [0.25, 0.3) is 11.8 Å². The maximum Gasteiger partial charge on any atom is 0.490 e. The van der Waals surface area contributed by atoms with E-state index in [0.717, 1.165) is 6.08 Å². The molecule has 334 valence electrons. The average molecular weight is 925 g/mol. The summed E-state index contributed by atoms with van der Waals surface area (Å²) in [5.74, 6) is 1.45. The summed E-state index contributed by atoms with van der Waals surface area (Å²) in [5.41, 5.74) is 23.0. The predicted octanol–water partition coefficient (Wildman–Crippen LogP) is -0.104. The number of carbonyl (C=O) groups is 4. The minimum Gasteiger partial charge on any atom is -0.491 e. The Hall–Kier alpha value is -4.77. The first-order chi connectivity index (χ1) is 28.8. The zero-order valence-corrected chi connectivity index (χ0v) is 34.0. The van der Waals surface area contributed by atoms with Crippen molar-refractivity contribution < 1.29 is 89.3 Å². The summed E-state index contributed by atoms with van der Waals surface area (Å²) in [4.78, 5) is 91.5. The van der Waals surface area contributed by atoms with Crippen molar-refractivity contribution in [2.75, 3.05) is 59.4 Å². The van der Waals surface area contributed by atoms with E-state index >= 15 is 0 Å². The minimum absolute atomic E-state index is 0.102. The SMILES string of the molecule is [N-]=[N+]=NCOC1CC(C2C=C(C#CCNC(=O)COCCOC(COc3cccc(C(=O)NCCN)c3)N=[N+]=[N-])C(=O)NC2=O)OC1COP(=O)(O)OP(=O)(O)OP(=O)(O)O. The van der Waals surface area contributed by atoms with Crippen molar-refractivity contribution in [3.05, 3.63) is 62.4 Å². The number of nitrogens with two attached hydrogens (primary N) is 1. The summed E-state index contributed by atoms with van der Waals surface area (Å²) in [6, 6.07) is 6.25. The van der Waals surface area contributed by atoms with Gasteiger partial charge in [-0.25, -0.2) is 13.7 Å². The molecule has 2 aliphatic heterocycles. The van der Waals surface area contributed by atoms with Gasteiger partial charge >= 0.3 is 23.5 Å². The third-order valence-corrected chi connectivity index (χ3v) is 11.3. The van der Waals surface area contributed by atoms with Crippen LogP contribution in [0.5, 0.6) is 5.75 Å². The molecule has 0 aliphatic carbocycles. The van der Waals surface area contributed by atoms with Crippen LogP contribution in [-0.4, -0.2) is 127 Å². The van der Waals surface area contributed by atoms with Gasteiger partial charge in [-0.2, -0.15) is 8.62 Å². The lowest BCUT2D eigenvalue weighted by atomic mass is 9.92. The number of hydrogen-bond donors (Lipinski definition) is 8. The number of rotatable bonds is 25. The number of imide groups is 1. The van der Waals surface area contributed by atoms with Crippen LogP contribution in [0.2, 0.25) is 0 Å². The number of ether oxygens (including phenoxy) is 5. The van der Waals surface area contributed by atoms with Crippen LogP contribution in [0.3, 0.4) is 0 Å². The fraction of sp³-hybridized carbons (Fsp3) is 0.517. The molecule has 0 spiro atoms. The number of phosphoric acid groups is 3. The van der Waals surface area contributed by atoms with E-state index in [9.17, 15) is 42.7 Å². The standard InChI is InChI=1S/C29H39N10O19P3/c30-6-8-34-27(41)18-3-1-5-20(11-18)53-16-26(37-39-32)52-10-9-51-15-25(40)33-7-2-4-19-12-21(29(43)36-28(19)42)22-13-23(54-17-35-38-31)24(56-22)14-55-60(47,48)58-61(49,50)57-59(44,45)46/h1,3,5,11-12,21-24,26H,6-10,13-17,30H2,(H,33,40)(H,34,41)(H,47,48)(H,49,50)(H,36,42,43)(H2,44,45,46). The number of nitrogens with zero attached hydrogens (tertiary/aromatic N) is 6. The van der Waals surface area contributed by atoms with Gasteiger partial charge in [0.15, 0.2) is 6.23 Å². The fourth-order valence-corrected chi connectivity index (χ4v) is 8.02. The Kier molecular flexibility index (Phi) is 20.4. The van der Waals surface area contributed by atoms with E-state index in [1.54, 1.807) is 18.2 Å². The monoisotopic (exact) mass is 924 g/mol. The summed E-state index contributed by atoms with van der Waals surface area (Å²) in [5, 5.41) is 13.8. The molecule has 0 saturated carbocycles. The average Bonchev–Trinajstić information content (AvgIpc) is 3.58. The van der Waals surface area contributed by atoms with E-state index in [1.165, 1.54) is 6.07 Å². The highest BCUT2D eigenvalue weighted by atomic mass is 31.3. The number of azide groups is 2. The third-order valence-electron chi connectivity index (χ3n) is 7.45. The van der Waals surface area contributed by atoms with E-state index in [0.29, 0.717) is 11.3 Å². The molecule has 2 heterocycles. The molecule has 2 aliphatic rings. The summed E-state index contributed by atoms with van der Waals surface area (Å²) in [7, 11) is -17.1. The van der Waals surface area contributed by atoms with Crippen LogP contribution >= 0.6 is 23.5 Å². The lowest BCUT2D eigenvalue weighted by Gasteiger charge is -2.24. The Morgan fingerprint density at radius 3 is 2.56 bits per heavy atom. The van der Waals surface area contributed by atoms with Crippen molar-refractivity contribution in [3.63, 3.8) is 0 Å². The van der Waals surface area contributed by atoms with E-state index in [-0.39, 0.29) is 57.4 Å². The molecule has 0 bridgehead atoms. The van der Waals surface area contributed by atoms with Gasteiger partial charge in [-0.15, -0.1) is 0 Å². The lowest BCUT2D eigenvalue weighted by Crippen LogP contribution is -2.44. The smallest absolute Gasteiger partial charge is 0.490 e. The second kappa shape index (κ2) is 24.6. The highest BCUT2D eigenvalue weighted by Crippen LogP contribution is 2.66. The summed E-state index contributed by atoms with van der Waals surface area (Å²) in [6.45, 7) is -2.10. The summed E-state index contributed by atoms with van der Waals surface area (Å²) < 4.78 is 74.1. The molecule has 0 radical (unpaired) electrons. The largest absolute Gasteiger partial charge is 0.491 e. The van der Waals surface area contributed by atoms with Crippen LogP contribution in [-0.2, 0) is 60.2 Å². The molecular formula is C29H39N10O19P3. The molecule has 29 nitrogen and oxygen atoms in total. The normalized spacial score (nSPS) is 21.1. The van der Waals surface area contributed by atoms with Crippen molar-refractivity contribution in [3.8, 4) is 17.6 Å². The van der Waals surface area contributed by atoms with Gasteiger partial charge in [0.05, 0.1) is 50.1 Å². The van der Waals surface area contributed by atoms with Gasteiger partial charge < -0.3 is 59.6 Å². The number of nitrogens with one attached hydrogen (secondary N) is 3. The van der Waals surface area contributed by atoms with Gasteiger partial charge in [0.1, 0.15) is 31.8 Å². The van der Waals surface area contributed by atoms with E-state index < -0.39 is 91.6 Å². The van der Waals surface area contributed by atoms with E-state index in [4.69, 9.17) is 50.3 Å². The highest BCUT2D eigenvalue weighted by molar-refractivity contribution is 7.66. The molecule has 7 atom stereocenters. The Labute approximate surface area is 344 Å². The van der Waals surface area contributed by atoms with Crippen LogP contribution < -0.4 is 26.4 Å². The summed E-state index contributed by atoms with van der Waals surface area (Å²) in [6.07, 6.45) is -3.72. The first kappa shape index (κ1) is 50.6. The Morgan fingerprint density at radius 1 is 1.08 bits per heavy atom. The van der Waals surface area contributed by atoms with Gasteiger partial charge in [-0.3, -0.25) is 29.0 Å². The molecule has 7 unspecified atom stereocenters. The predicted molar refractivity (Wildman–Crippen MR) is 201 cm³/mol. The highest BCUT2D eigenvalue weighted by Gasteiger charge is 2.46. The molecule has 32 heteroatoms. The van der Waals surface area contributed by atoms with Crippen molar-refractivity contribution in [1.82, 2.24) is 16.0 Å². The number of hydrogen-bond acceptors (Lipinski definition) is 18. The Bertz CT molecular complexity index is 2080. The molecule has 1 aromatic carbocycles. The third kappa shape index (κ3) is 18.8. The van der Waals surface area contributed by atoms with E-state index in [2.05, 4.69) is 61.0 Å². The molecule has 1 fully saturated rings. The second-order valence-electron chi connectivity index (χ2n) is 11.9. The van der Waals surface area contributed by atoms with Crippen molar-refractivity contribution in [2.24, 2.45) is 21.9 Å². The minimum atomic E-state index is -5.83. The second-order valence-corrected chi connectivity index (χ2v) is 16.3. The first-order valence-corrected chi connectivity index (χ1v) is 21.7. The quantitative estimate of drug-likeness (QED) is 0.0121. The molecule has 4 amide bonds. The number of amides is 4. The van der Waals surface area contributed by atoms with Crippen LogP contribution in [0.1, 0.15) is 16.8 Å². The molecule has 9 N–H and O–H groups in total. The molecule has 3 rings (SSSR count). The number of benzene rings is 1. The zero-order chi connectivity index (χ0) is 45.1. The van der Waals surface area contributed by atoms with Crippen LogP contribution in [0.25, 0.3) is 20.9 Å². The maximum atomic E-state index is 12.8. The first-order valence-electron chi connectivity index (χ1n) is 17.2. The number of carbonyl (C=O) groups excluding carboxylic acids is 4. The molecule has 1 aromatic rings. The maximum absolute atomic E-state index is 12.8. The van der Waals surface area contributed by atoms with Crippen LogP contribution in [0.15, 0.2) is 46.1 Å². The van der Waals surface area contributed by atoms with Crippen LogP contribution in [0, 0.1) is 17.8 Å². The molecular weight excluding hydrogens is 885 g/mol. The fourth-order valence-electron chi connectivity index (χ4n) is 4.99.